The number of rotatable bonds is 7. The Bertz CT molecular complexity index is 763. The summed E-state index contributed by atoms with van der Waals surface area (Å²) in [5, 5.41) is 20.0. The summed E-state index contributed by atoms with van der Waals surface area (Å²) < 4.78 is 0. The van der Waals surface area contributed by atoms with Crippen LogP contribution in [-0.4, -0.2) is 71.7 Å². The van der Waals surface area contributed by atoms with Crippen molar-refractivity contribution in [3.8, 4) is 0 Å². The van der Waals surface area contributed by atoms with Crippen molar-refractivity contribution < 1.29 is 14.7 Å². The molecule has 1 aromatic rings. The number of hydrogen-bond donors (Lipinski definition) is 1. The highest BCUT2D eigenvalue weighted by Gasteiger charge is 2.27. The number of carbonyl (C=O) groups is 1. The van der Waals surface area contributed by atoms with Crippen LogP contribution in [-0.2, 0) is 9.63 Å². The van der Waals surface area contributed by atoms with Crippen molar-refractivity contribution in [3.05, 3.63) is 35.4 Å². The monoisotopic (exact) mass is 412 g/mol. The van der Waals surface area contributed by atoms with E-state index in [0.29, 0.717) is 12.3 Å². The number of oxime groups is 1. The fraction of sp³-hybridized carbons (Fsp3) is 0.609. The van der Waals surface area contributed by atoms with Gasteiger partial charge in [-0.2, -0.15) is 5.10 Å². The normalized spacial score (nSPS) is 23.5. The van der Waals surface area contributed by atoms with Gasteiger partial charge in [0.2, 0.25) is 0 Å². The molecule has 1 unspecified atom stereocenters. The van der Waals surface area contributed by atoms with Gasteiger partial charge >= 0.3 is 5.97 Å². The highest BCUT2D eigenvalue weighted by Crippen LogP contribution is 2.23. The van der Waals surface area contributed by atoms with Gasteiger partial charge in [0, 0.05) is 32.5 Å². The lowest BCUT2D eigenvalue weighted by atomic mass is 9.93. The Balaban J connectivity index is 1.22. The van der Waals surface area contributed by atoms with Gasteiger partial charge in [0.25, 0.3) is 0 Å². The van der Waals surface area contributed by atoms with Crippen molar-refractivity contribution in [2.75, 3.05) is 32.7 Å². The number of hydrazone groups is 1. The third kappa shape index (κ3) is 5.81. The molecule has 0 aliphatic carbocycles. The number of likely N-dealkylation sites (tertiary alicyclic amines) is 1. The molecule has 0 amide bonds. The average Bonchev–Trinajstić information content (AvgIpc) is 3.23. The number of carboxylic acid groups (broad SMARTS) is 1. The summed E-state index contributed by atoms with van der Waals surface area (Å²) >= 11 is 0. The summed E-state index contributed by atoms with van der Waals surface area (Å²) in [6.07, 6.45) is 8.82. The Kier molecular flexibility index (Phi) is 7.00. The first-order valence-corrected chi connectivity index (χ1v) is 11.2. The molecule has 0 aromatic heterocycles. The molecule has 30 heavy (non-hydrogen) atoms. The lowest BCUT2D eigenvalue weighted by Crippen LogP contribution is -2.39. The minimum Gasteiger partial charge on any atom is -0.481 e. The van der Waals surface area contributed by atoms with Gasteiger partial charge in [-0.1, -0.05) is 29.4 Å². The van der Waals surface area contributed by atoms with Crippen LogP contribution in [0.3, 0.4) is 0 Å². The molecule has 7 nitrogen and oxygen atoms in total. The molecule has 0 spiro atoms. The molecule has 1 N–H and O–H groups in total. The molecule has 3 heterocycles. The van der Waals surface area contributed by atoms with Crippen LogP contribution in [0.15, 0.2) is 34.5 Å². The average molecular weight is 413 g/mol. The van der Waals surface area contributed by atoms with E-state index in [-0.39, 0.29) is 6.10 Å². The van der Waals surface area contributed by atoms with Crippen LogP contribution in [0.25, 0.3) is 0 Å². The van der Waals surface area contributed by atoms with E-state index in [1.807, 2.05) is 6.21 Å². The van der Waals surface area contributed by atoms with Crippen molar-refractivity contribution in [1.29, 1.82) is 0 Å². The van der Waals surface area contributed by atoms with Crippen LogP contribution in [0.5, 0.6) is 0 Å². The van der Waals surface area contributed by atoms with Gasteiger partial charge < -0.3 is 9.94 Å². The van der Waals surface area contributed by atoms with E-state index < -0.39 is 5.97 Å². The maximum Gasteiger partial charge on any atom is 0.303 e. The molecule has 1 atom stereocenters. The van der Waals surface area contributed by atoms with Crippen LogP contribution < -0.4 is 0 Å². The minimum absolute atomic E-state index is 0.0800. The van der Waals surface area contributed by atoms with E-state index in [0.717, 1.165) is 68.8 Å². The van der Waals surface area contributed by atoms with Crippen LogP contribution in [0.4, 0.5) is 0 Å². The quantitative estimate of drug-likeness (QED) is 0.696. The number of nitrogens with zero attached hydrogens (tertiary/aromatic N) is 4. The van der Waals surface area contributed by atoms with E-state index in [1.54, 1.807) is 0 Å². The van der Waals surface area contributed by atoms with E-state index in [4.69, 9.17) is 9.94 Å². The first-order valence-electron chi connectivity index (χ1n) is 11.2. The molecule has 1 aromatic carbocycles. The summed E-state index contributed by atoms with van der Waals surface area (Å²) in [7, 11) is 0. The lowest BCUT2D eigenvalue weighted by molar-refractivity contribution is -0.138. The fourth-order valence-corrected chi connectivity index (χ4v) is 4.51. The van der Waals surface area contributed by atoms with Crippen molar-refractivity contribution in [3.63, 3.8) is 0 Å². The summed E-state index contributed by atoms with van der Waals surface area (Å²) in [6, 6.07) is 8.37. The van der Waals surface area contributed by atoms with Crippen molar-refractivity contribution >= 4 is 17.9 Å². The molecular weight excluding hydrogens is 380 g/mol. The fourth-order valence-electron chi connectivity index (χ4n) is 4.51. The second kappa shape index (κ2) is 10.1. The molecule has 3 aliphatic rings. The van der Waals surface area contributed by atoms with Gasteiger partial charge in [-0.05, 0) is 62.2 Å². The molecule has 2 saturated heterocycles. The Morgan fingerprint density at radius 1 is 1.13 bits per heavy atom. The zero-order chi connectivity index (χ0) is 20.8. The highest BCUT2D eigenvalue weighted by molar-refractivity contribution is 6.01. The molecule has 4 rings (SSSR count). The van der Waals surface area contributed by atoms with E-state index in [1.165, 1.54) is 19.3 Å². The van der Waals surface area contributed by atoms with Crippen LogP contribution in [0, 0.1) is 5.92 Å². The Labute approximate surface area is 178 Å². The van der Waals surface area contributed by atoms with Gasteiger partial charge in [-0.15, -0.1) is 0 Å². The van der Waals surface area contributed by atoms with Crippen LogP contribution in [0.1, 0.15) is 56.1 Å². The standard InChI is InChI=1S/C23H32N4O3/c28-23(29)14-18-8-12-26(13-9-18)17-21-15-22(25-30-21)20-6-4-19(5-7-20)16-24-27-10-2-1-3-11-27/h4-7,16,18,21H,1-3,8-15,17H2,(H,28,29). The number of aliphatic carboxylic acids is 1. The lowest BCUT2D eigenvalue weighted by Gasteiger charge is -2.32. The molecular formula is C23H32N4O3. The highest BCUT2D eigenvalue weighted by atomic mass is 16.6. The molecule has 0 bridgehead atoms. The molecule has 2 fully saturated rings. The smallest absolute Gasteiger partial charge is 0.303 e. The second-order valence-corrected chi connectivity index (χ2v) is 8.69. The van der Waals surface area contributed by atoms with Gasteiger partial charge in [-0.3, -0.25) is 14.7 Å². The van der Waals surface area contributed by atoms with Gasteiger partial charge in [0.05, 0.1) is 11.9 Å². The summed E-state index contributed by atoms with van der Waals surface area (Å²) in [4.78, 5) is 18.9. The zero-order valence-electron chi connectivity index (χ0n) is 17.6. The number of piperidine rings is 2. The van der Waals surface area contributed by atoms with Gasteiger partial charge in [-0.25, -0.2) is 0 Å². The van der Waals surface area contributed by atoms with Crippen molar-refractivity contribution in [2.24, 2.45) is 16.2 Å². The molecule has 3 aliphatic heterocycles. The number of benzene rings is 1. The molecule has 7 heteroatoms. The maximum atomic E-state index is 10.9. The van der Waals surface area contributed by atoms with Gasteiger partial charge in [0.1, 0.15) is 6.10 Å². The van der Waals surface area contributed by atoms with Crippen molar-refractivity contribution in [2.45, 2.75) is 51.0 Å². The largest absolute Gasteiger partial charge is 0.481 e. The maximum absolute atomic E-state index is 10.9. The topological polar surface area (TPSA) is 77.7 Å². The van der Waals surface area contributed by atoms with Crippen molar-refractivity contribution in [1.82, 2.24) is 9.91 Å². The first kappa shape index (κ1) is 20.8. The first-order chi connectivity index (χ1) is 14.7. The third-order valence-corrected chi connectivity index (χ3v) is 6.31. The second-order valence-electron chi connectivity index (χ2n) is 8.69. The predicted octanol–water partition coefficient (Wildman–Crippen LogP) is 3.19. The van der Waals surface area contributed by atoms with Crippen LogP contribution >= 0.6 is 0 Å². The number of carboxylic acids is 1. The Hall–Kier alpha value is -2.41. The van der Waals surface area contributed by atoms with Crippen LogP contribution in [0.2, 0.25) is 0 Å². The zero-order valence-corrected chi connectivity index (χ0v) is 17.6. The van der Waals surface area contributed by atoms with E-state index in [2.05, 4.69) is 44.4 Å². The summed E-state index contributed by atoms with van der Waals surface area (Å²) in [5.74, 6) is -0.374. The third-order valence-electron chi connectivity index (χ3n) is 6.31. The SMILES string of the molecule is O=C(O)CC1CCN(CC2CC(c3ccc(C=NN4CCCCC4)cc3)=NO2)CC1. The molecule has 0 saturated carbocycles. The number of hydrogen-bond acceptors (Lipinski definition) is 6. The summed E-state index contributed by atoms with van der Waals surface area (Å²) in [5.41, 5.74) is 3.21. The van der Waals surface area contributed by atoms with E-state index >= 15 is 0 Å². The Morgan fingerprint density at radius 3 is 2.57 bits per heavy atom. The minimum atomic E-state index is -0.686. The van der Waals surface area contributed by atoms with E-state index in [9.17, 15) is 4.79 Å². The Morgan fingerprint density at radius 2 is 1.87 bits per heavy atom. The van der Waals surface area contributed by atoms with Gasteiger partial charge in [0.15, 0.2) is 0 Å². The molecule has 0 radical (unpaired) electrons. The predicted molar refractivity (Wildman–Crippen MR) is 117 cm³/mol. The summed E-state index contributed by atoms with van der Waals surface area (Å²) in [6.45, 7) is 4.85. The molecule has 162 valence electrons.